The van der Waals surface area contributed by atoms with Crippen molar-refractivity contribution in [2.24, 2.45) is 0 Å². The number of nitrogens with one attached hydrogen (secondary N) is 2. The van der Waals surface area contributed by atoms with Crippen molar-refractivity contribution in [2.45, 2.75) is 0 Å². The van der Waals surface area contributed by atoms with E-state index in [0.29, 0.717) is 17.7 Å². The number of rotatable bonds is 1. The molecule has 0 aromatic heterocycles. The van der Waals surface area contributed by atoms with Gasteiger partial charge >= 0.3 is 0 Å². The second-order valence-corrected chi connectivity index (χ2v) is 4.34. The molecule has 92 valence electrons. The van der Waals surface area contributed by atoms with Crippen molar-refractivity contribution in [3.05, 3.63) is 53.1 Å². The van der Waals surface area contributed by atoms with Crippen LogP contribution in [0.3, 0.4) is 0 Å². The molecule has 1 heterocycles. The fourth-order valence-electron chi connectivity index (χ4n) is 2.27. The van der Waals surface area contributed by atoms with Crippen molar-refractivity contribution in [3.63, 3.8) is 0 Å². The van der Waals surface area contributed by atoms with Gasteiger partial charge in [0.1, 0.15) is 0 Å². The molecule has 0 aliphatic carbocycles. The SMILES string of the molecule is N#Cc1cccc2cccc(/C=C3\CNNC3=O)c12. The van der Waals surface area contributed by atoms with E-state index >= 15 is 0 Å². The van der Waals surface area contributed by atoms with E-state index < -0.39 is 0 Å². The van der Waals surface area contributed by atoms with Crippen molar-refractivity contribution in [1.29, 1.82) is 5.26 Å². The maximum atomic E-state index is 11.6. The lowest BCUT2D eigenvalue weighted by Gasteiger charge is -2.05. The number of benzene rings is 2. The molecule has 1 fully saturated rings. The van der Waals surface area contributed by atoms with E-state index in [-0.39, 0.29) is 5.91 Å². The number of fused-ring (bicyclic) bond motifs is 1. The summed E-state index contributed by atoms with van der Waals surface area (Å²) in [6.45, 7) is 0.490. The van der Waals surface area contributed by atoms with Crippen LogP contribution in [0.4, 0.5) is 0 Å². The van der Waals surface area contributed by atoms with E-state index in [2.05, 4.69) is 16.9 Å². The molecule has 2 N–H and O–H groups in total. The van der Waals surface area contributed by atoms with Crippen LogP contribution in [0.15, 0.2) is 42.0 Å². The summed E-state index contributed by atoms with van der Waals surface area (Å²) in [5.41, 5.74) is 7.51. The van der Waals surface area contributed by atoms with Gasteiger partial charge in [0.05, 0.1) is 11.6 Å². The second-order valence-electron chi connectivity index (χ2n) is 4.34. The smallest absolute Gasteiger partial charge is 0.262 e. The van der Waals surface area contributed by atoms with Crippen molar-refractivity contribution < 1.29 is 4.79 Å². The fourth-order valence-corrected chi connectivity index (χ4v) is 2.27. The zero-order valence-electron chi connectivity index (χ0n) is 10.1. The lowest BCUT2D eigenvalue weighted by atomic mass is 9.98. The number of carbonyl (C=O) groups excluding carboxylic acids is 1. The molecule has 0 bridgehead atoms. The molecular weight excluding hydrogens is 238 g/mol. The van der Waals surface area contributed by atoms with E-state index in [1.807, 2.05) is 36.4 Å². The summed E-state index contributed by atoms with van der Waals surface area (Å²) >= 11 is 0. The highest BCUT2D eigenvalue weighted by molar-refractivity contribution is 6.03. The third kappa shape index (κ3) is 1.96. The Hall–Kier alpha value is -2.64. The van der Waals surface area contributed by atoms with Crippen LogP contribution in [0, 0.1) is 11.3 Å². The zero-order valence-corrected chi connectivity index (χ0v) is 10.1. The molecule has 2 aromatic rings. The Morgan fingerprint density at radius 2 is 2.00 bits per heavy atom. The van der Waals surface area contributed by atoms with E-state index in [4.69, 9.17) is 0 Å². The van der Waals surface area contributed by atoms with Gasteiger partial charge in [-0.3, -0.25) is 10.2 Å². The quantitative estimate of drug-likeness (QED) is 0.756. The minimum absolute atomic E-state index is 0.119. The van der Waals surface area contributed by atoms with E-state index in [0.717, 1.165) is 16.3 Å². The Morgan fingerprint density at radius 1 is 1.21 bits per heavy atom. The summed E-state index contributed by atoms with van der Waals surface area (Å²) in [5, 5.41) is 11.1. The first-order valence-corrected chi connectivity index (χ1v) is 5.95. The average molecular weight is 249 g/mol. The fraction of sp³-hybridized carbons (Fsp3) is 0.0667. The van der Waals surface area contributed by atoms with Gasteiger partial charge < -0.3 is 0 Å². The third-order valence-electron chi connectivity index (χ3n) is 3.16. The summed E-state index contributed by atoms with van der Waals surface area (Å²) in [7, 11) is 0. The molecule has 0 saturated carbocycles. The van der Waals surface area contributed by atoms with Crippen molar-refractivity contribution in [1.82, 2.24) is 10.9 Å². The van der Waals surface area contributed by atoms with Crippen molar-refractivity contribution in [2.75, 3.05) is 6.54 Å². The Kier molecular flexibility index (Phi) is 2.75. The zero-order chi connectivity index (χ0) is 13.2. The monoisotopic (exact) mass is 249 g/mol. The summed E-state index contributed by atoms with van der Waals surface area (Å²) in [4.78, 5) is 11.6. The Morgan fingerprint density at radius 3 is 2.68 bits per heavy atom. The first-order valence-electron chi connectivity index (χ1n) is 5.95. The number of hydrogen-bond acceptors (Lipinski definition) is 3. The number of amides is 1. The van der Waals surface area contributed by atoms with Gasteiger partial charge in [-0.25, -0.2) is 5.43 Å². The normalized spacial score (nSPS) is 16.6. The van der Waals surface area contributed by atoms with Crippen LogP contribution in [0.5, 0.6) is 0 Å². The second kappa shape index (κ2) is 4.56. The summed E-state index contributed by atoms with van der Waals surface area (Å²) in [6.07, 6.45) is 1.83. The van der Waals surface area contributed by atoms with Crippen LogP contribution in [-0.2, 0) is 4.79 Å². The Bertz CT molecular complexity index is 735. The highest BCUT2D eigenvalue weighted by Gasteiger charge is 2.16. The van der Waals surface area contributed by atoms with Gasteiger partial charge in [-0.2, -0.15) is 5.26 Å². The highest BCUT2D eigenvalue weighted by atomic mass is 16.2. The minimum atomic E-state index is -0.119. The Labute approximate surface area is 110 Å². The van der Waals surface area contributed by atoms with E-state index in [1.54, 1.807) is 6.07 Å². The molecule has 1 amide bonds. The molecule has 0 radical (unpaired) electrons. The minimum Gasteiger partial charge on any atom is -0.287 e. The maximum absolute atomic E-state index is 11.6. The van der Waals surface area contributed by atoms with Gasteiger partial charge in [0.25, 0.3) is 5.91 Å². The van der Waals surface area contributed by atoms with E-state index in [1.165, 1.54) is 0 Å². The molecule has 0 unspecified atom stereocenters. The lowest BCUT2D eigenvalue weighted by molar-refractivity contribution is -0.116. The first-order chi connectivity index (χ1) is 9.29. The van der Waals surface area contributed by atoms with Gasteiger partial charge in [0.15, 0.2) is 0 Å². The predicted octanol–water partition coefficient (Wildman–Crippen LogP) is 1.73. The van der Waals surface area contributed by atoms with Crippen LogP contribution in [-0.4, -0.2) is 12.5 Å². The number of nitriles is 1. The van der Waals surface area contributed by atoms with E-state index in [9.17, 15) is 10.1 Å². The van der Waals surface area contributed by atoms with Crippen LogP contribution in [0.25, 0.3) is 16.8 Å². The molecule has 1 aliphatic rings. The lowest BCUT2D eigenvalue weighted by Crippen LogP contribution is -2.25. The van der Waals surface area contributed by atoms with Crippen LogP contribution in [0.2, 0.25) is 0 Å². The highest BCUT2D eigenvalue weighted by Crippen LogP contribution is 2.24. The number of nitrogens with zero attached hydrogens (tertiary/aromatic N) is 1. The van der Waals surface area contributed by atoms with Crippen molar-refractivity contribution in [3.8, 4) is 6.07 Å². The molecule has 4 heteroatoms. The summed E-state index contributed by atoms with van der Waals surface area (Å²) in [6, 6.07) is 13.6. The standard InChI is InChI=1S/C15H11N3O/c16-8-12-6-2-4-10-3-1-5-11(14(10)12)7-13-9-17-18-15(13)19/h1-7,17H,9H2,(H,18,19)/b13-7+. The molecular formula is C15H11N3O. The predicted molar refractivity (Wildman–Crippen MR) is 72.8 cm³/mol. The average Bonchev–Trinajstić information content (AvgIpc) is 2.84. The largest absolute Gasteiger partial charge is 0.287 e. The number of carbonyl (C=O) groups is 1. The molecule has 1 saturated heterocycles. The number of hydrazine groups is 1. The summed E-state index contributed by atoms with van der Waals surface area (Å²) < 4.78 is 0. The molecule has 0 atom stereocenters. The molecule has 4 nitrogen and oxygen atoms in total. The van der Waals surface area contributed by atoms with Gasteiger partial charge in [-0.1, -0.05) is 30.3 Å². The number of hydrogen-bond donors (Lipinski definition) is 2. The summed E-state index contributed by atoms with van der Waals surface area (Å²) in [5.74, 6) is -0.119. The first kappa shape index (κ1) is 11.5. The van der Waals surface area contributed by atoms with Crippen LogP contribution in [0.1, 0.15) is 11.1 Å². The molecule has 0 spiro atoms. The molecule has 2 aromatic carbocycles. The van der Waals surface area contributed by atoms with Crippen molar-refractivity contribution >= 4 is 22.8 Å². The van der Waals surface area contributed by atoms with Gasteiger partial charge in [-0.15, -0.1) is 0 Å². The van der Waals surface area contributed by atoms with Gasteiger partial charge in [-0.05, 0) is 23.1 Å². The van der Waals surface area contributed by atoms with Gasteiger partial charge in [0.2, 0.25) is 0 Å². The van der Waals surface area contributed by atoms with Gasteiger partial charge in [0, 0.05) is 17.5 Å². The maximum Gasteiger partial charge on any atom is 0.262 e. The molecule has 3 rings (SSSR count). The van der Waals surface area contributed by atoms with Crippen LogP contribution < -0.4 is 10.9 Å². The Balaban J connectivity index is 2.25. The van der Waals surface area contributed by atoms with Crippen LogP contribution >= 0.6 is 0 Å². The topological polar surface area (TPSA) is 64.9 Å². The third-order valence-corrected chi connectivity index (χ3v) is 3.16. The molecule has 1 aliphatic heterocycles. The molecule has 19 heavy (non-hydrogen) atoms.